The number of rotatable bonds is 5. The average Bonchev–Trinajstić information content (AvgIpc) is 3.37. The average molecular weight is 365 g/mol. The van der Waals surface area contributed by atoms with Gasteiger partial charge >= 0.3 is 0 Å². The number of hydrogen-bond donors (Lipinski definition) is 1. The molecule has 0 spiro atoms. The van der Waals surface area contributed by atoms with E-state index in [0.717, 1.165) is 26.6 Å². The topological polar surface area (TPSA) is 56.7 Å². The lowest BCUT2D eigenvalue weighted by molar-refractivity contribution is 0.627. The number of nitrogens with zero attached hydrogens (tertiary/aromatic N) is 3. The van der Waals surface area contributed by atoms with Crippen molar-refractivity contribution in [3.63, 3.8) is 0 Å². The summed E-state index contributed by atoms with van der Waals surface area (Å²) in [6, 6.07) is 6.58. The fourth-order valence-corrected chi connectivity index (χ4v) is 4.33. The van der Waals surface area contributed by atoms with Crippen LogP contribution in [0.4, 0.5) is 5.69 Å². The van der Waals surface area contributed by atoms with Crippen LogP contribution in [0.5, 0.6) is 0 Å². The van der Waals surface area contributed by atoms with Gasteiger partial charge in [-0.25, -0.2) is 0 Å². The predicted octanol–water partition coefficient (Wildman–Crippen LogP) is 4.13. The Hall–Kier alpha value is -1.01. The van der Waals surface area contributed by atoms with Crippen LogP contribution in [0.25, 0.3) is 0 Å². The Bertz CT molecular complexity index is 656. The molecule has 2 aromatic rings. The molecule has 1 aromatic carbocycles. The summed E-state index contributed by atoms with van der Waals surface area (Å²) in [6.45, 7) is 0. The van der Waals surface area contributed by atoms with Crippen LogP contribution in [0.3, 0.4) is 0 Å². The smallest absolute Gasteiger partial charge is 0.191 e. The maximum absolute atomic E-state index is 6.07. The van der Waals surface area contributed by atoms with Gasteiger partial charge in [0.15, 0.2) is 5.16 Å². The highest BCUT2D eigenvalue weighted by molar-refractivity contribution is 9.10. The second-order valence-corrected chi connectivity index (χ2v) is 7.61. The van der Waals surface area contributed by atoms with Crippen LogP contribution in [-0.4, -0.2) is 14.8 Å². The van der Waals surface area contributed by atoms with E-state index in [1.54, 1.807) is 11.8 Å². The third kappa shape index (κ3) is 2.71. The molecule has 2 saturated carbocycles. The van der Waals surface area contributed by atoms with Crippen LogP contribution < -0.4 is 5.73 Å². The Morgan fingerprint density at radius 1 is 1.24 bits per heavy atom. The van der Waals surface area contributed by atoms with E-state index in [0.29, 0.717) is 12.0 Å². The van der Waals surface area contributed by atoms with Gasteiger partial charge in [-0.1, -0.05) is 33.8 Å². The summed E-state index contributed by atoms with van der Waals surface area (Å²) in [6.07, 6.45) is 5.07. The number of anilines is 1. The summed E-state index contributed by atoms with van der Waals surface area (Å²) in [5, 5.41) is 9.93. The van der Waals surface area contributed by atoms with Crippen LogP contribution in [-0.2, 0) is 5.75 Å². The van der Waals surface area contributed by atoms with E-state index in [1.165, 1.54) is 31.5 Å². The molecule has 0 amide bonds. The molecule has 0 aliphatic heterocycles. The molecule has 4 rings (SSSR count). The van der Waals surface area contributed by atoms with Gasteiger partial charge in [0.2, 0.25) is 0 Å². The Labute approximate surface area is 136 Å². The van der Waals surface area contributed by atoms with E-state index in [4.69, 9.17) is 5.73 Å². The maximum atomic E-state index is 6.07. The molecule has 2 N–H and O–H groups in total. The van der Waals surface area contributed by atoms with Crippen LogP contribution >= 0.6 is 27.7 Å². The number of hydrogen-bond acceptors (Lipinski definition) is 4. The number of nitrogens with two attached hydrogens (primary N) is 1. The van der Waals surface area contributed by atoms with Gasteiger partial charge in [0.1, 0.15) is 5.82 Å². The highest BCUT2D eigenvalue weighted by Gasteiger charge is 2.36. The number of benzene rings is 1. The lowest BCUT2D eigenvalue weighted by Crippen LogP contribution is -2.02. The maximum Gasteiger partial charge on any atom is 0.191 e. The molecule has 0 radical (unpaired) electrons. The SMILES string of the molecule is Nc1cccc(Br)c1CSc1nnc(C2CC2)n1C1CC1. The molecule has 1 heterocycles. The highest BCUT2D eigenvalue weighted by Crippen LogP contribution is 2.46. The zero-order valence-corrected chi connectivity index (χ0v) is 14.0. The van der Waals surface area contributed by atoms with Crippen molar-refractivity contribution < 1.29 is 0 Å². The number of thioether (sulfide) groups is 1. The Morgan fingerprint density at radius 2 is 2.05 bits per heavy atom. The molecular formula is C15H17BrN4S. The van der Waals surface area contributed by atoms with Crippen LogP contribution in [0.1, 0.15) is 49.0 Å². The van der Waals surface area contributed by atoms with Gasteiger partial charge in [-0.15, -0.1) is 10.2 Å². The molecule has 0 atom stereocenters. The first-order valence-electron chi connectivity index (χ1n) is 7.34. The van der Waals surface area contributed by atoms with Crippen LogP contribution in [0.2, 0.25) is 0 Å². The Morgan fingerprint density at radius 3 is 2.71 bits per heavy atom. The highest BCUT2D eigenvalue weighted by atomic mass is 79.9. The molecule has 2 fully saturated rings. The summed E-state index contributed by atoms with van der Waals surface area (Å²) < 4.78 is 3.45. The van der Waals surface area contributed by atoms with E-state index in [9.17, 15) is 0 Å². The Kier molecular flexibility index (Phi) is 3.46. The number of aromatic nitrogens is 3. The zero-order chi connectivity index (χ0) is 14.4. The normalized spacial score (nSPS) is 18.1. The minimum absolute atomic E-state index is 0.634. The second-order valence-electron chi connectivity index (χ2n) is 5.81. The number of nitrogen functional groups attached to an aromatic ring is 1. The fourth-order valence-electron chi connectivity index (χ4n) is 2.55. The van der Waals surface area contributed by atoms with E-state index >= 15 is 0 Å². The Balaban J connectivity index is 1.57. The van der Waals surface area contributed by atoms with Crippen molar-refractivity contribution in [2.75, 3.05) is 5.73 Å². The van der Waals surface area contributed by atoms with Crippen molar-refractivity contribution in [2.24, 2.45) is 0 Å². The van der Waals surface area contributed by atoms with Gasteiger partial charge in [-0.3, -0.25) is 0 Å². The number of halogens is 1. The zero-order valence-electron chi connectivity index (χ0n) is 11.6. The molecule has 21 heavy (non-hydrogen) atoms. The first-order valence-corrected chi connectivity index (χ1v) is 9.12. The van der Waals surface area contributed by atoms with Crippen molar-refractivity contribution in [3.8, 4) is 0 Å². The molecule has 0 saturated heterocycles. The van der Waals surface area contributed by atoms with E-state index < -0.39 is 0 Å². The van der Waals surface area contributed by atoms with Crippen molar-refractivity contribution in [1.29, 1.82) is 0 Å². The third-order valence-electron chi connectivity index (χ3n) is 4.05. The standard InChI is InChI=1S/C15H17BrN4S/c16-12-2-1-3-13(17)11(12)8-21-15-19-18-14(9-4-5-9)20(15)10-6-7-10/h1-3,9-10H,4-8,17H2. The van der Waals surface area contributed by atoms with Crippen molar-refractivity contribution in [2.45, 2.75) is 48.6 Å². The van der Waals surface area contributed by atoms with Gasteiger partial charge in [0, 0.05) is 27.9 Å². The molecular weight excluding hydrogens is 348 g/mol. The minimum Gasteiger partial charge on any atom is -0.398 e. The molecule has 6 heteroatoms. The fraction of sp³-hybridized carbons (Fsp3) is 0.467. The van der Waals surface area contributed by atoms with Crippen molar-refractivity contribution in [3.05, 3.63) is 34.1 Å². The molecule has 4 nitrogen and oxygen atoms in total. The summed E-state index contributed by atoms with van der Waals surface area (Å²) in [4.78, 5) is 0. The largest absolute Gasteiger partial charge is 0.398 e. The van der Waals surface area contributed by atoms with Crippen LogP contribution in [0.15, 0.2) is 27.8 Å². The van der Waals surface area contributed by atoms with Crippen molar-refractivity contribution in [1.82, 2.24) is 14.8 Å². The molecule has 0 bridgehead atoms. The third-order valence-corrected chi connectivity index (χ3v) is 5.76. The van der Waals surface area contributed by atoms with E-state index in [1.807, 2.05) is 18.2 Å². The molecule has 2 aliphatic carbocycles. The van der Waals surface area contributed by atoms with Gasteiger partial charge in [-0.2, -0.15) is 0 Å². The second kappa shape index (κ2) is 5.32. The monoisotopic (exact) mass is 364 g/mol. The molecule has 1 aromatic heterocycles. The summed E-state index contributed by atoms with van der Waals surface area (Å²) >= 11 is 5.32. The van der Waals surface area contributed by atoms with E-state index in [-0.39, 0.29) is 0 Å². The van der Waals surface area contributed by atoms with Gasteiger partial charge in [0.05, 0.1) is 0 Å². The van der Waals surface area contributed by atoms with Gasteiger partial charge < -0.3 is 10.3 Å². The molecule has 0 unspecified atom stereocenters. The lowest BCUT2D eigenvalue weighted by atomic mass is 10.2. The first-order chi connectivity index (χ1) is 10.2. The summed E-state index contributed by atoms with van der Waals surface area (Å²) in [5.41, 5.74) is 8.04. The summed E-state index contributed by atoms with van der Waals surface area (Å²) in [5.74, 6) is 2.68. The van der Waals surface area contributed by atoms with Crippen LogP contribution in [0, 0.1) is 0 Å². The first kappa shape index (κ1) is 13.6. The quantitative estimate of drug-likeness (QED) is 0.640. The summed E-state index contributed by atoms with van der Waals surface area (Å²) in [7, 11) is 0. The molecule has 110 valence electrons. The lowest BCUT2D eigenvalue weighted by Gasteiger charge is -2.10. The predicted molar refractivity (Wildman–Crippen MR) is 88.4 cm³/mol. The van der Waals surface area contributed by atoms with Gasteiger partial charge in [-0.05, 0) is 43.4 Å². The van der Waals surface area contributed by atoms with Crippen molar-refractivity contribution >= 4 is 33.4 Å². The minimum atomic E-state index is 0.634. The van der Waals surface area contributed by atoms with Gasteiger partial charge in [0.25, 0.3) is 0 Å². The molecule has 2 aliphatic rings. The van der Waals surface area contributed by atoms with E-state index in [2.05, 4.69) is 30.7 Å².